The SMILES string of the molecule is CNc1cc(-c2ccc(F)cc2)c2nc(Nc3cccc(C)n3)sc2n1. The molecular weight excluding hydrogens is 349 g/mol. The van der Waals surface area contributed by atoms with E-state index in [0.717, 1.165) is 38.8 Å². The summed E-state index contributed by atoms with van der Waals surface area (Å²) in [5.74, 6) is 1.21. The molecule has 3 aromatic heterocycles. The molecule has 0 atom stereocenters. The molecule has 1 aromatic carbocycles. The first kappa shape index (κ1) is 16.4. The molecule has 7 heteroatoms. The van der Waals surface area contributed by atoms with Gasteiger partial charge in [0.1, 0.15) is 27.8 Å². The van der Waals surface area contributed by atoms with Crippen LogP contribution in [0.3, 0.4) is 0 Å². The first-order valence-corrected chi connectivity index (χ1v) is 8.90. The van der Waals surface area contributed by atoms with Gasteiger partial charge in [0.05, 0.1) is 0 Å². The van der Waals surface area contributed by atoms with E-state index in [1.807, 2.05) is 38.2 Å². The van der Waals surface area contributed by atoms with Crippen molar-refractivity contribution in [2.75, 3.05) is 17.7 Å². The molecule has 2 N–H and O–H groups in total. The van der Waals surface area contributed by atoms with Gasteiger partial charge >= 0.3 is 0 Å². The fourth-order valence-corrected chi connectivity index (χ4v) is 3.54. The van der Waals surface area contributed by atoms with Crippen molar-refractivity contribution in [2.45, 2.75) is 6.92 Å². The van der Waals surface area contributed by atoms with Crippen LogP contribution in [0, 0.1) is 12.7 Å². The third-order valence-electron chi connectivity index (χ3n) is 3.90. The number of thiazole rings is 1. The molecule has 0 aliphatic heterocycles. The molecule has 4 rings (SSSR count). The van der Waals surface area contributed by atoms with Gasteiger partial charge < -0.3 is 10.6 Å². The smallest absolute Gasteiger partial charge is 0.190 e. The number of rotatable bonds is 4. The largest absolute Gasteiger partial charge is 0.373 e. The van der Waals surface area contributed by atoms with Crippen molar-refractivity contribution >= 4 is 38.5 Å². The molecule has 0 spiro atoms. The molecular formula is C19H16FN5S. The van der Waals surface area contributed by atoms with Crippen LogP contribution in [0.4, 0.5) is 21.2 Å². The van der Waals surface area contributed by atoms with Crippen LogP contribution in [0.1, 0.15) is 5.69 Å². The Morgan fingerprint density at radius 3 is 2.50 bits per heavy atom. The lowest BCUT2D eigenvalue weighted by molar-refractivity contribution is 0.628. The third kappa shape index (κ3) is 3.21. The monoisotopic (exact) mass is 365 g/mol. The molecule has 5 nitrogen and oxygen atoms in total. The summed E-state index contributed by atoms with van der Waals surface area (Å²) in [4.78, 5) is 14.5. The Morgan fingerprint density at radius 2 is 1.77 bits per heavy atom. The maximum atomic E-state index is 13.3. The molecule has 3 heterocycles. The van der Waals surface area contributed by atoms with Crippen LogP contribution in [0.15, 0.2) is 48.5 Å². The molecule has 0 saturated carbocycles. The van der Waals surface area contributed by atoms with E-state index in [2.05, 4.69) is 20.6 Å². The lowest BCUT2D eigenvalue weighted by Crippen LogP contribution is -1.94. The second-order valence-corrected chi connectivity index (χ2v) is 6.75. The zero-order chi connectivity index (χ0) is 18.1. The second kappa shape index (κ2) is 6.68. The highest BCUT2D eigenvalue weighted by molar-refractivity contribution is 7.21. The van der Waals surface area contributed by atoms with E-state index in [1.165, 1.54) is 23.5 Å². The second-order valence-electron chi connectivity index (χ2n) is 5.77. The van der Waals surface area contributed by atoms with Gasteiger partial charge in [-0.15, -0.1) is 0 Å². The van der Waals surface area contributed by atoms with Crippen molar-refractivity contribution in [1.82, 2.24) is 15.0 Å². The third-order valence-corrected chi connectivity index (χ3v) is 4.77. The molecule has 0 bridgehead atoms. The van der Waals surface area contributed by atoms with E-state index in [1.54, 1.807) is 12.1 Å². The van der Waals surface area contributed by atoms with E-state index in [0.29, 0.717) is 5.13 Å². The Hall–Kier alpha value is -3.06. The number of pyridine rings is 2. The van der Waals surface area contributed by atoms with Gasteiger partial charge in [-0.05, 0) is 42.8 Å². The van der Waals surface area contributed by atoms with E-state index < -0.39 is 0 Å². The van der Waals surface area contributed by atoms with Crippen LogP contribution < -0.4 is 10.6 Å². The Kier molecular flexibility index (Phi) is 4.22. The highest BCUT2D eigenvalue weighted by Gasteiger charge is 2.14. The quantitative estimate of drug-likeness (QED) is 0.534. The lowest BCUT2D eigenvalue weighted by Gasteiger charge is -2.06. The number of hydrogen-bond acceptors (Lipinski definition) is 6. The zero-order valence-corrected chi connectivity index (χ0v) is 15.1. The number of aryl methyl sites for hydroxylation is 1. The molecule has 0 saturated heterocycles. The van der Waals surface area contributed by atoms with Crippen molar-refractivity contribution in [3.8, 4) is 11.1 Å². The van der Waals surface area contributed by atoms with Crippen LogP contribution in [0.25, 0.3) is 21.5 Å². The van der Waals surface area contributed by atoms with Crippen molar-refractivity contribution in [2.24, 2.45) is 0 Å². The van der Waals surface area contributed by atoms with Crippen molar-refractivity contribution < 1.29 is 4.39 Å². The Labute approximate surface area is 154 Å². The number of fused-ring (bicyclic) bond motifs is 1. The predicted octanol–water partition coefficient (Wildman–Crippen LogP) is 4.99. The summed E-state index contributed by atoms with van der Waals surface area (Å²) in [6, 6.07) is 14.1. The lowest BCUT2D eigenvalue weighted by atomic mass is 10.1. The summed E-state index contributed by atoms with van der Waals surface area (Å²) >= 11 is 1.45. The summed E-state index contributed by atoms with van der Waals surface area (Å²) in [5, 5.41) is 7.01. The molecule has 26 heavy (non-hydrogen) atoms. The molecule has 0 fully saturated rings. The van der Waals surface area contributed by atoms with Crippen LogP contribution in [-0.2, 0) is 0 Å². The van der Waals surface area contributed by atoms with Crippen molar-refractivity contribution in [3.63, 3.8) is 0 Å². The van der Waals surface area contributed by atoms with Gasteiger partial charge in [0, 0.05) is 18.3 Å². The number of benzene rings is 1. The van der Waals surface area contributed by atoms with Gasteiger partial charge in [-0.3, -0.25) is 0 Å². The molecule has 130 valence electrons. The maximum absolute atomic E-state index is 13.3. The standard InChI is InChI=1S/C19H16FN5S/c1-11-4-3-5-15(22-11)24-19-25-17-14(12-6-8-13(20)9-7-12)10-16(21-2)23-18(17)26-19/h3-10H,1-2H3,(H,21,23)(H,22,24,25). The summed E-state index contributed by atoms with van der Waals surface area (Å²) in [5.41, 5.74) is 3.50. The summed E-state index contributed by atoms with van der Waals surface area (Å²) in [6.07, 6.45) is 0. The molecule has 0 aliphatic carbocycles. The van der Waals surface area contributed by atoms with Gasteiger partial charge in [-0.1, -0.05) is 29.5 Å². The van der Waals surface area contributed by atoms with Crippen molar-refractivity contribution in [3.05, 3.63) is 60.0 Å². The fraction of sp³-hybridized carbons (Fsp3) is 0.105. The van der Waals surface area contributed by atoms with Crippen LogP contribution in [-0.4, -0.2) is 22.0 Å². The Morgan fingerprint density at radius 1 is 0.962 bits per heavy atom. The minimum Gasteiger partial charge on any atom is -0.373 e. The number of halogens is 1. The van der Waals surface area contributed by atoms with E-state index in [4.69, 9.17) is 4.98 Å². The first-order chi connectivity index (χ1) is 12.6. The predicted molar refractivity (Wildman–Crippen MR) is 105 cm³/mol. The van der Waals surface area contributed by atoms with Crippen molar-refractivity contribution in [1.29, 1.82) is 0 Å². The zero-order valence-electron chi connectivity index (χ0n) is 14.2. The van der Waals surface area contributed by atoms with Gasteiger partial charge in [-0.2, -0.15) is 0 Å². The normalized spacial score (nSPS) is 10.9. The molecule has 0 amide bonds. The first-order valence-electron chi connectivity index (χ1n) is 8.08. The number of nitrogens with zero attached hydrogens (tertiary/aromatic N) is 3. The van der Waals surface area contributed by atoms with Crippen LogP contribution in [0.5, 0.6) is 0 Å². The molecule has 0 unspecified atom stereocenters. The summed E-state index contributed by atoms with van der Waals surface area (Å²) in [7, 11) is 1.82. The number of nitrogens with one attached hydrogen (secondary N) is 2. The number of hydrogen-bond donors (Lipinski definition) is 2. The number of aromatic nitrogens is 3. The highest BCUT2D eigenvalue weighted by Crippen LogP contribution is 2.35. The van der Waals surface area contributed by atoms with Gasteiger partial charge in [-0.25, -0.2) is 19.3 Å². The average molecular weight is 365 g/mol. The summed E-state index contributed by atoms with van der Waals surface area (Å²) < 4.78 is 13.3. The van der Waals surface area contributed by atoms with Gasteiger partial charge in [0.25, 0.3) is 0 Å². The topological polar surface area (TPSA) is 62.7 Å². The highest BCUT2D eigenvalue weighted by atomic mass is 32.1. The molecule has 0 radical (unpaired) electrons. The van der Waals surface area contributed by atoms with E-state index in [9.17, 15) is 4.39 Å². The van der Waals surface area contributed by atoms with Crippen LogP contribution in [0.2, 0.25) is 0 Å². The Balaban J connectivity index is 1.81. The summed E-state index contributed by atoms with van der Waals surface area (Å²) in [6.45, 7) is 1.94. The molecule has 4 aromatic rings. The maximum Gasteiger partial charge on any atom is 0.190 e. The molecule has 0 aliphatic rings. The van der Waals surface area contributed by atoms with E-state index >= 15 is 0 Å². The van der Waals surface area contributed by atoms with Crippen LogP contribution >= 0.6 is 11.3 Å². The van der Waals surface area contributed by atoms with E-state index in [-0.39, 0.29) is 5.82 Å². The number of anilines is 3. The fourth-order valence-electron chi connectivity index (χ4n) is 2.66. The Bertz CT molecular complexity index is 1080. The minimum absolute atomic E-state index is 0.265. The average Bonchev–Trinajstić information content (AvgIpc) is 3.03. The van der Waals surface area contributed by atoms with Gasteiger partial charge in [0.15, 0.2) is 5.13 Å². The minimum atomic E-state index is -0.265. The van der Waals surface area contributed by atoms with Gasteiger partial charge in [0.2, 0.25) is 0 Å².